The lowest BCUT2D eigenvalue weighted by molar-refractivity contribution is 0.397. The Hall–Kier alpha value is -1.09. The van der Waals surface area contributed by atoms with Crippen LogP contribution in [0.2, 0.25) is 0 Å². The molecule has 0 aromatic carbocycles. The van der Waals surface area contributed by atoms with Gasteiger partial charge < -0.3 is 10.1 Å². The number of hydrogen-bond donors (Lipinski definition) is 1. The highest BCUT2D eigenvalue weighted by Crippen LogP contribution is 2.09. The van der Waals surface area contributed by atoms with E-state index in [-0.39, 0.29) is 0 Å². The van der Waals surface area contributed by atoms with Crippen LogP contribution in [0, 0.1) is 0 Å². The molecule has 0 saturated carbocycles. The number of rotatable bonds is 5. The largest absolute Gasteiger partial charge is 0.481 e. The van der Waals surface area contributed by atoms with Crippen molar-refractivity contribution >= 4 is 0 Å². The summed E-state index contributed by atoms with van der Waals surface area (Å²) in [5, 5.41) is 3.21. The van der Waals surface area contributed by atoms with E-state index < -0.39 is 0 Å². The SMILES string of the molecule is CNC(C)CCc1ccc(OC)nc1. The fraction of sp³-hybridized carbons (Fsp3) is 0.545. The molecule has 3 heteroatoms. The van der Waals surface area contributed by atoms with Gasteiger partial charge in [0.2, 0.25) is 5.88 Å². The fourth-order valence-corrected chi connectivity index (χ4v) is 1.21. The highest BCUT2D eigenvalue weighted by molar-refractivity contribution is 5.17. The lowest BCUT2D eigenvalue weighted by atomic mass is 10.1. The molecule has 0 aliphatic rings. The van der Waals surface area contributed by atoms with Crippen LogP contribution in [0.5, 0.6) is 5.88 Å². The van der Waals surface area contributed by atoms with Crippen LogP contribution in [0.1, 0.15) is 18.9 Å². The summed E-state index contributed by atoms with van der Waals surface area (Å²) in [5.41, 5.74) is 1.26. The molecule has 0 radical (unpaired) electrons. The van der Waals surface area contributed by atoms with Gasteiger partial charge in [-0.25, -0.2) is 4.98 Å². The number of aryl methyl sites for hydroxylation is 1. The Labute approximate surface area is 85.5 Å². The lowest BCUT2D eigenvalue weighted by Crippen LogP contribution is -2.21. The Kier molecular flexibility index (Phi) is 4.40. The Balaban J connectivity index is 2.43. The number of nitrogens with one attached hydrogen (secondary N) is 1. The van der Waals surface area contributed by atoms with Gasteiger partial charge in [-0.05, 0) is 32.4 Å². The number of ether oxygens (including phenoxy) is 1. The van der Waals surface area contributed by atoms with Gasteiger partial charge in [-0.2, -0.15) is 0 Å². The third kappa shape index (κ3) is 3.34. The zero-order chi connectivity index (χ0) is 10.4. The van der Waals surface area contributed by atoms with E-state index in [4.69, 9.17) is 4.74 Å². The molecule has 1 atom stereocenters. The number of pyridine rings is 1. The molecule has 0 bridgehead atoms. The Bertz CT molecular complexity index is 258. The summed E-state index contributed by atoms with van der Waals surface area (Å²) >= 11 is 0. The van der Waals surface area contributed by atoms with Crippen molar-refractivity contribution in [1.29, 1.82) is 0 Å². The van der Waals surface area contributed by atoms with Gasteiger partial charge in [0.25, 0.3) is 0 Å². The van der Waals surface area contributed by atoms with Gasteiger partial charge in [0.15, 0.2) is 0 Å². The average Bonchev–Trinajstić information content (AvgIpc) is 2.26. The third-order valence-electron chi connectivity index (χ3n) is 2.37. The van der Waals surface area contributed by atoms with Crippen molar-refractivity contribution < 1.29 is 4.74 Å². The average molecular weight is 194 g/mol. The molecule has 14 heavy (non-hydrogen) atoms. The second-order valence-corrected chi connectivity index (χ2v) is 3.44. The Morgan fingerprint density at radius 1 is 1.50 bits per heavy atom. The first-order valence-electron chi connectivity index (χ1n) is 4.92. The molecule has 0 saturated heterocycles. The molecule has 0 spiro atoms. The predicted molar refractivity (Wildman–Crippen MR) is 57.6 cm³/mol. The lowest BCUT2D eigenvalue weighted by Gasteiger charge is -2.09. The zero-order valence-corrected chi connectivity index (χ0v) is 9.08. The van der Waals surface area contributed by atoms with Crippen LogP contribution in [0.15, 0.2) is 18.3 Å². The molecule has 1 N–H and O–H groups in total. The molecule has 0 amide bonds. The zero-order valence-electron chi connectivity index (χ0n) is 9.08. The molecule has 3 nitrogen and oxygen atoms in total. The molecule has 0 aliphatic heterocycles. The van der Waals surface area contributed by atoms with Gasteiger partial charge in [0.1, 0.15) is 0 Å². The van der Waals surface area contributed by atoms with Crippen molar-refractivity contribution in [3.63, 3.8) is 0 Å². The summed E-state index contributed by atoms with van der Waals surface area (Å²) < 4.78 is 4.99. The van der Waals surface area contributed by atoms with Gasteiger partial charge in [0, 0.05) is 18.3 Å². The van der Waals surface area contributed by atoms with Gasteiger partial charge in [-0.3, -0.25) is 0 Å². The maximum atomic E-state index is 4.99. The molecule has 1 aromatic heterocycles. The first-order chi connectivity index (χ1) is 6.76. The molecule has 1 aromatic rings. The monoisotopic (exact) mass is 194 g/mol. The van der Waals surface area contributed by atoms with Crippen molar-refractivity contribution in [3.05, 3.63) is 23.9 Å². The van der Waals surface area contributed by atoms with Gasteiger partial charge in [-0.1, -0.05) is 6.07 Å². The van der Waals surface area contributed by atoms with Crippen LogP contribution in [0.3, 0.4) is 0 Å². The maximum absolute atomic E-state index is 4.99. The molecule has 1 unspecified atom stereocenters. The van der Waals surface area contributed by atoms with E-state index in [0.29, 0.717) is 11.9 Å². The Morgan fingerprint density at radius 2 is 2.29 bits per heavy atom. The summed E-state index contributed by atoms with van der Waals surface area (Å²) in [6.07, 6.45) is 4.06. The van der Waals surface area contributed by atoms with Crippen LogP contribution in [-0.4, -0.2) is 25.2 Å². The third-order valence-corrected chi connectivity index (χ3v) is 2.37. The van der Waals surface area contributed by atoms with Gasteiger partial charge >= 0.3 is 0 Å². The molecule has 1 rings (SSSR count). The van der Waals surface area contributed by atoms with Crippen molar-refractivity contribution in [1.82, 2.24) is 10.3 Å². The smallest absolute Gasteiger partial charge is 0.212 e. The molecule has 78 valence electrons. The second kappa shape index (κ2) is 5.60. The number of hydrogen-bond acceptors (Lipinski definition) is 3. The second-order valence-electron chi connectivity index (χ2n) is 3.44. The first-order valence-corrected chi connectivity index (χ1v) is 4.92. The molecule has 1 heterocycles. The van der Waals surface area contributed by atoms with E-state index in [1.54, 1.807) is 7.11 Å². The maximum Gasteiger partial charge on any atom is 0.212 e. The van der Waals surface area contributed by atoms with E-state index in [1.165, 1.54) is 5.56 Å². The minimum atomic E-state index is 0.553. The minimum absolute atomic E-state index is 0.553. The van der Waals surface area contributed by atoms with Gasteiger partial charge in [-0.15, -0.1) is 0 Å². The van der Waals surface area contributed by atoms with Crippen molar-refractivity contribution in [2.75, 3.05) is 14.2 Å². The van der Waals surface area contributed by atoms with Crippen LogP contribution >= 0.6 is 0 Å². The molecular weight excluding hydrogens is 176 g/mol. The molecule has 0 fully saturated rings. The van der Waals surface area contributed by atoms with Crippen molar-refractivity contribution in [2.45, 2.75) is 25.8 Å². The first kappa shape index (κ1) is 11.0. The predicted octanol–water partition coefficient (Wildman–Crippen LogP) is 1.63. The molecule has 0 aliphatic carbocycles. The van der Waals surface area contributed by atoms with E-state index >= 15 is 0 Å². The topological polar surface area (TPSA) is 34.1 Å². The highest BCUT2D eigenvalue weighted by atomic mass is 16.5. The summed E-state index contributed by atoms with van der Waals surface area (Å²) in [7, 11) is 3.61. The summed E-state index contributed by atoms with van der Waals surface area (Å²) in [6, 6.07) is 4.52. The number of aromatic nitrogens is 1. The van der Waals surface area contributed by atoms with Crippen LogP contribution in [0.25, 0.3) is 0 Å². The van der Waals surface area contributed by atoms with E-state index in [2.05, 4.69) is 23.3 Å². The van der Waals surface area contributed by atoms with Crippen LogP contribution in [-0.2, 0) is 6.42 Å². The summed E-state index contributed by atoms with van der Waals surface area (Å²) in [6.45, 7) is 2.18. The summed E-state index contributed by atoms with van der Waals surface area (Å²) in [5.74, 6) is 0.676. The standard InChI is InChI=1S/C11H18N2O/c1-9(12-2)4-5-10-6-7-11(14-3)13-8-10/h6-9,12H,4-5H2,1-3H3. The Morgan fingerprint density at radius 3 is 2.79 bits per heavy atom. The van der Waals surface area contributed by atoms with Gasteiger partial charge in [0.05, 0.1) is 7.11 Å². The molecular formula is C11H18N2O. The summed E-state index contributed by atoms with van der Waals surface area (Å²) in [4.78, 5) is 4.16. The van der Waals surface area contributed by atoms with Crippen molar-refractivity contribution in [3.8, 4) is 5.88 Å². The van der Waals surface area contributed by atoms with E-state index in [9.17, 15) is 0 Å². The number of methoxy groups -OCH3 is 1. The van der Waals surface area contributed by atoms with Crippen LogP contribution in [0.4, 0.5) is 0 Å². The van der Waals surface area contributed by atoms with E-state index in [1.807, 2.05) is 19.3 Å². The van der Waals surface area contributed by atoms with Crippen LogP contribution < -0.4 is 10.1 Å². The van der Waals surface area contributed by atoms with Crippen molar-refractivity contribution in [2.24, 2.45) is 0 Å². The number of nitrogens with zero attached hydrogens (tertiary/aromatic N) is 1. The van der Waals surface area contributed by atoms with E-state index in [0.717, 1.165) is 12.8 Å². The quantitative estimate of drug-likeness (QED) is 0.773. The normalized spacial score (nSPS) is 12.5. The fourth-order valence-electron chi connectivity index (χ4n) is 1.21. The highest BCUT2D eigenvalue weighted by Gasteiger charge is 2.00. The minimum Gasteiger partial charge on any atom is -0.481 e.